The maximum atomic E-state index is 13.6. The van der Waals surface area contributed by atoms with E-state index in [2.05, 4.69) is 9.97 Å². The smallest absolute Gasteiger partial charge is 0.301 e. The summed E-state index contributed by atoms with van der Waals surface area (Å²) >= 11 is 1.27. The van der Waals surface area contributed by atoms with Crippen molar-refractivity contribution >= 4 is 49.8 Å². The molecule has 10 heteroatoms. The molecule has 0 aliphatic carbocycles. The predicted octanol–water partition coefficient (Wildman–Crippen LogP) is 5.29. The topological polar surface area (TPSA) is 106 Å². The van der Waals surface area contributed by atoms with Gasteiger partial charge in [0, 0.05) is 6.20 Å². The number of hydrogen-bond acceptors (Lipinski definition) is 8. The van der Waals surface area contributed by atoms with Crippen molar-refractivity contribution in [3.8, 4) is 11.5 Å². The SMILES string of the molecule is CCOc1ccc(C2/C(=C(\O)c3c(C)nc4ccccn34)C(=O)C(=O)N2c2nc3ccc(OC)cc3s2)cc1. The second-order valence-corrected chi connectivity index (χ2v) is 9.98. The number of aryl methyl sites for hydroxylation is 1. The highest BCUT2D eigenvalue weighted by atomic mass is 32.1. The third kappa shape index (κ3) is 4.00. The van der Waals surface area contributed by atoms with E-state index in [1.165, 1.54) is 16.2 Å². The molecule has 2 aromatic carbocycles. The summed E-state index contributed by atoms with van der Waals surface area (Å²) in [6.07, 6.45) is 1.76. The fourth-order valence-electron chi connectivity index (χ4n) is 4.91. The first kappa shape index (κ1) is 24.6. The fraction of sp³-hybridized carbons (Fsp3) is 0.172. The summed E-state index contributed by atoms with van der Waals surface area (Å²) in [5, 5.41) is 12.0. The molecule has 196 valence electrons. The Morgan fingerprint density at radius 2 is 1.82 bits per heavy atom. The number of ether oxygens (including phenoxy) is 2. The summed E-state index contributed by atoms with van der Waals surface area (Å²) in [4.78, 5) is 37.8. The van der Waals surface area contributed by atoms with Gasteiger partial charge in [-0.3, -0.25) is 18.9 Å². The van der Waals surface area contributed by atoms with Gasteiger partial charge in [-0.1, -0.05) is 29.5 Å². The number of methoxy groups -OCH3 is 1. The third-order valence-electron chi connectivity index (χ3n) is 6.67. The second-order valence-electron chi connectivity index (χ2n) is 8.98. The van der Waals surface area contributed by atoms with Crippen molar-refractivity contribution in [1.29, 1.82) is 0 Å². The van der Waals surface area contributed by atoms with Gasteiger partial charge in [-0.25, -0.2) is 9.97 Å². The van der Waals surface area contributed by atoms with Crippen molar-refractivity contribution in [3.05, 3.63) is 89.4 Å². The van der Waals surface area contributed by atoms with E-state index in [9.17, 15) is 14.7 Å². The molecule has 6 rings (SSSR count). The number of hydrogen-bond donors (Lipinski definition) is 1. The van der Waals surface area contributed by atoms with Gasteiger partial charge >= 0.3 is 5.91 Å². The van der Waals surface area contributed by atoms with Crippen LogP contribution in [0.2, 0.25) is 0 Å². The van der Waals surface area contributed by atoms with Crippen molar-refractivity contribution in [1.82, 2.24) is 14.4 Å². The molecular formula is C29H24N4O5S. The molecule has 0 saturated carbocycles. The molecule has 1 fully saturated rings. The van der Waals surface area contributed by atoms with E-state index in [0.29, 0.717) is 51.4 Å². The predicted molar refractivity (Wildman–Crippen MR) is 148 cm³/mol. The average Bonchev–Trinajstić information content (AvgIpc) is 3.59. The van der Waals surface area contributed by atoms with Crippen LogP contribution in [0, 0.1) is 6.92 Å². The van der Waals surface area contributed by atoms with Gasteiger partial charge in [0.05, 0.1) is 41.2 Å². The lowest BCUT2D eigenvalue weighted by Gasteiger charge is -2.23. The summed E-state index contributed by atoms with van der Waals surface area (Å²) < 4.78 is 13.4. The van der Waals surface area contributed by atoms with E-state index in [1.807, 2.05) is 31.2 Å². The highest BCUT2D eigenvalue weighted by Gasteiger charge is 2.48. The first-order chi connectivity index (χ1) is 18.9. The number of ketones is 1. The van der Waals surface area contributed by atoms with Crippen molar-refractivity contribution in [3.63, 3.8) is 0 Å². The van der Waals surface area contributed by atoms with E-state index >= 15 is 0 Å². The molecule has 0 bridgehead atoms. The maximum Gasteiger partial charge on any atom is 0.301 e. The molecule has 39 heavy (non-hydrogen) atoms. The number of Topliss-reactive ketones (excluding diaryl/α,β-unsaturated/α-hetero) is 1. The summed E-state index contributed by atoms with van der Waals surface area (Å²) in [5.74, 6) is -0.552. The normalized spacial score (nSPS) is 16.9. The highest BCUT2D eigenvalue weighted by Crippen LogP contribution is 2.45. The van der Waals surface area contributed by atoms with Crippen LogP contribution in [-0.2, 0) is 9.59 Å². The Morgan fingerprint density at radius 3 is 2.56 bits per heavy atom. The monoisotopic (exact) mass is 540 g/mol. The molecular weight excluding hydrogens is 516 g/mol. The van der Waals surface area contributed by atoms with Crippen LogP contribution >= 0.6 is 11.3 Å². The minimum absolute atomic E-state index is 0.0326. The zero-order valence-electron chi connectivity index (χ0n) is 21.4. The van der Waals surface area contributed by atoms with Gasteiger partial charge in [0.25, 0.3) is 5.78 Å². The molecule has 1 saturated heterocycles. The highest BCUT2D eigenvalue weighted by molar-refractivity contribution is 7.22. The number of rotatable bonds is 6. The lowest BCUT2D eigenvalue weighted by Crippen LogP contribution is -2.29. The largest absolute Gasteiger partial charge is 0.505 e. The second kappa shape index (κ2) is 9.55. The summed E-state index contributed by atoms with van der Waals surface area (Å²) in [6, 6.07) is 17.1. The van der Waals surface area contributed by atoms with Crippen molar-refractivity contribution in [2.75, 3.05) is 18.6 Å². The Hall–Kier alpha value is -4.70. The van der Waals surface area contributed by atoms with Crippen LogP contribution in [0.1, 0.15) is 29.9 Å². The summed E-state index contributed by atoms with van der Waals surface area (Å²) in [6.45, 7) is 4.15. The number of benzene rings is 2. The zero-order valence-corrected chi connectivity index (χ0v) is 22.2. The number of pyridine rings is 1. The first-order valence-electron chi connectivity index (χ1n) is 12.3. The number of fused-ring (bicyclic) bond motifs is 2. The number of thiazole rings is 1. The molecule has 1 aliphatic heterocycles. The molecule has 0 radical (unpaired) electrons. The molecule has 0 spiro atoms. The fourth-order valence-corrected chi connectivity index (χ4v) is 5.93. The number of anilines is 1. The minimum Gasteiger partial charge on any atom is -0.505 e. The number of imidazole rings is 1. The van der Waals surface area contributed by atoms with Gasteiger partial charge in [0.1, 0.15) is 22.8 Å². The molecule has 1 N–H and O–H groups in total. The number of aliphatic hydroxyl groups excluding tert-OH is 1. The van der Waals surface area contributed by atoms with Crippen molar-refractivity contribution in [2.24, 2.45) is 0 Å². The summed E-state index contributed by atoms with van der Waals surface area (Å²) in [7, 11) is 1.58. The van der Waals surface area contributed by atoms with Crippen LogP contribution in [0.15, 0.2) is 72.4 Å². The molecule has 1 unspecified atom stereocenters. The average molecular weight is 541 g/mol. The standard InChI is InChI=1S/C29H24N4O5S/c1-4-38-18-10-8-17(9-11-18)25-23(26(34)24-16(2)30-22-7-5-6-14-32(22)24)27(35)28(36)33(25)29-31-20-13-12-19(37-3)15-21(20)39-29/h5-15,25,34H,4H2,1-3H3/b26-23+. The lowest BCUT2D eigenvalue weighted by molar-refractivity contribution is -0.132. The van der Waals surface area contributed by atoms with Gasteiger partial charge in [0.2, 0.25) is 0 Å². The molecule has 3 aromatic heterocycles. The number of carbonyl (C=O) groups excluding carboxylic acids is 2. The lowest BCUT2D eigenvalue weighted by atomic mass is 9.96. The Labute approximate surface area is 227 Å². The molecule has 5 aromatic rings. The molecule has 1 amide bonds. The van der Waals surface area contributed by atoms with Crippen LogP contribution in [0.25, 0.3) is 21.6 Å². The number of carbonyl (C=O) groups is 2. The van der Waals surface area contributed by atoms with Gasteiger partial charge in [-0.05, 0) is 61.9 Å². The first-order valence-corrected chi connectivity index (χ1v) is 13.1. The Kier molecular flexibility index (Phi) is 6.03. The van der Waals surface area contributed by atoms with E-state index in [0.717, 1.165) is 4.70 Å². The van der Waals surface area contributed by atoms with Crippen LogP contribution in [0.5, 0.6) is 11.5 Å². The summed E-state index contributed by atoms with van der Waals surface area (Å²) in [5.41, 5.74) is 2.76. The molecule has 9 nitrogen and oxygen atoms in total. The van der Waals surface area contributed by atoms with Gasteiger partial charge in [-0.15, -0.1) is 0 Å². The Balaban J connectivity index is 1.57. The zero-order chi connectivity index (χ0) is 27.3. The Morgan fingerprint density at radius 1 is 1.05 bits per heavy atom. The van der Waals surface area contributed by atoms with Crippen LogP contribution in [-0.4, -0.2) is 44.9 Å². The van der Waals surface area contributed by atoms with E-state index in [-0.39, 0.29) is 11.3 Å². The van der Waals surface area contributed by atoms with Crippen molar-refractivity contribution in [2.45, 2.75) is 19.9 Å². The third-order valence-corrected chi connectivity index (χ3v) is 7.69. The Bertz CT molecular complexity index is 1790. The van der Waals surface area contributed by atoms with Gasteiger partial charge in [-0.2, -0.15) is 0 Å². The minimum atomic E-state index is -0.920. The van der Waals surface area contributed by atoms with E-state index in [1.54, 1.807) is 61.0 Å². The number of nitrogens with zero attached hydrogens (tertiary/aromatic N) is 4. The van der Waals surface area contributed by atoms with Crippen LogP contribution in [0.3, 0.4) is 0 Å². The number of aromatic nitrogens is 3. The molecule has 4 heterocycles. The van der Waals surface area contributed by atoms with Crippen LogP contribution < -0.4 is 14.4 Å². The molecule has 1 aliphatic rings. The number of amides is 1. The van der Waals surface area contributed by atoms with E-state index in [4.69, 9.17) is 9.47 Å². The van der Waals surface area contributed by atoms with Gasteiger partial charge in [0.15, 0.2) is 10.9 Å². The number of aliphatic hydroxyl groups is 1. The van der Waals surface area contributed by atoms with Gasteiger partial charge < -0.3 is 14.6 Å². The molecule has 1 atom stereocenters. The maximum absolute atomic E-state index is 13.6. The van der Waals surface area contributed by atoms with Crippen LogP contribution in [0.4, 0.5) is 5.13 Å². The van der Waals surface area contributed by atoms with E-state index < -0.39 is 17.7 Å². The van der Waals surface area contributed by atoms with Crippen molar-refractivity contribution < 1.29 is 24.2 Å². The quantitative estimate of drug-likeness (QED) is 0.177.